The molecule has 0 amide bonds. The van der Waals surface area contributed by atoms with Gasteiger partial charge in [0.15, 0.2) is 0 Å². The van der Waals surface area contributed by atoms with Crippen LogP contribution in [-0.4, -0.2) is 25.2 Å². The zero-order valence-corrected chi connectivity index (χ0v) is 8.41. The summed E-state index contributed by atoms with van der Waals surface area (Å²) in [6.45, 7) is 1.39. The summed E-state index contributed by atoms with van der Waals surface area (Å²) >= 11 is 0. The Morgan fingerprint density at radius 2 is 2.21 bits per heavy atom. The number of carbonyl (C=O) groups is 2. The van der Waals surface area contributed by atoms with Crippen LogP contribution in [0.2, 0.25) is 0 Å². The number of hydrogen-bond donors (Lipinski definition) is 0. The fraction of sp³-hybridized carbons (Fsp3) is 0.600. The highest BCUT2D eigenvalue weighted by atomic mass is 16.5. The topological polar surface area (TPSA) is 52.6 Å². The molecule has 14 heavy (non-hydrogen) atoms. The lowest BCUT2D eigenvalue weighted by molar-refractivity contribution is -0.145. The molecule has 4 heteroatoms. The van der Waals surface area contributed by atoms with Gasteiger partial charge in [-0.3, -0.25) is 4.79 Å². The lowest BCUT2D eigenvalue weighted by Gasteiger charge is -2.07. The Morgan fingerprint density at radius 3 is 2.79 bits per heavy atom. The molecule has 1 fully saturated rings. The third-order valence-corrected chi connectivity index (χ3v) is 2.13. The second-order valence-electron chi connectivity index (χ2n) is 3.30. The summed E-state index contributed by atoms with van der Waals surface area (Å²) in [7, 11) is 1.35. The molecule has 1 atom stereocenters. The molecule has 1 aliphatic rings. The molecule has 0 aromatic rings. The molecular weight excluding hydrogens is 184 g/mol. The van der Waals surface area contributed by atoms with E-state index in [0.717, 1.165) is 18.4 Å². The first-order valence-corrected chi connectivity index (χ1v) is 4.56. The third-order valence-electron chi connectivity index (χ3n) is 2.13. The maximum Gasteiger partial charge on any atom is 0.330 e. The van der Waals surface area contributed by atoms with Gasteiger partial charge < -0.3 is 9.47 Å². The standard InChI is InChI=1S/C10H14O4/c1-7(11)14-9-4-3-8(5-9)6-10(12)13-2/h6,9H,3-5H2,1-2H3/b8-6+/t9-/m0/s1. The quantitative estimate of drug-likeness (QED) is 0.494. The van der Waals surface area contributed by atoms with Crippen LogP contribution in [0.4, 0.5) is 0 Å². The summed E-state index contributed by atoms with van der Waals surface area (Å²) in [6, 6.07) is 0. The van der Waals surface area contributed by atoms with Gasteiger partial charge in [0, 0.05) is 19.4 Å². The molecule has 78 valence electrons. The average molecular weight is 198 g/mol. The highest BCUT2D eigenvalue weighted by Crippen LogP contribution is 2.27. The molecule has 1 saturated carbocycles. The van der Waals surface area contributed by atoms with Crippen LogP contribution in [0, 0.1) is 0 Å². The predicted molar refractivity (Wildman–Crippen MR) is 49.5 cm³/mol. The number of esters is 2. The monoisotopic (exact) mass is 198 g/mol. The number of carbonyl (C=O) groups excluding carboxylic acids is 2. The van der Waals surface area contributed by atoms with Gasteiger partial charge in [0.2, 0.25) is 0 Å². The number of rotatable bonds is 2. The largest absolute Gasteiger partial charge is 0.466 e. The zero-order valence-electron chi connectivity index (χ0n) is 8.41. The van der Waals surface area contributed by atoms with Crippen molar-refractivity contribution in [3.63, 3.8) is 0 Å². The molecule has 0 unspecified atom stereocenters. The van der Waals surface area contributed by atoms with Crippen molar-refractivity contribution in [3.05, 3.63) is 11.6 Å². The van der Waals surface area contributed by atoms with Crippen molar-refractivity contribution in [3.8, 4) is 0 Å². The van der Waals surface area contributed by atoms with Crippen molar-refractivity contribution < 1.29 is 19.1 Å². The Kier molecular flexibility index (Phi) is 3.68. The smallest absolute Gasteiger partial charge is 0.330 e. The van der Waals surface area contributed by atoms with Crippen LogP contribution in [-0.2, 0) is 19.1 Å². The fourth-order valence-corrected chi connectivity index (χ4v) is 1.53. The molecule has 0 aromatic heterocycles. The highest BCUT2D eigenvalue weighted by molar-refractivity contribution is 5.82. The second kappa shape index (κ2) is 4.79. The maximum absolute atomic E-state index is 10.9. The first kappa shape index (κ1) is 10.8. The van der Waals surface area contributed by atoms with Crippen molar-refractivity contribution in [2.24, 2.45) is 0 Å². The van der Waals surface area contributed by atoms with Gasteiger partial charge in [-0.1, -0.05) is 5.57 Å². The van der Waals surface area contributed by atoms with Crippen LogP contribution < -0.4 is 0 Å². The van der Waals surface area contributed by atoms with E-state index in [4.69, 9.17) is 4.74 Å². The number of hydrogen-bond acceptors (Lipinski definition) is 4. The van der Waals surface area contributed by atoms with Crippen LogP contribution in [0.5, 0.6) is 0 Å². The van der Waals surface area contributed by atoms with Gasteiger partial charge in [-0.2, -0.15) is 0 Å². The number of ether oxygens (including phenoxy) is 2. The minimum atomic E-state index is -0.344. The van der Waals surface area contributed by atoms with Gasteiger partial charge in [-0.05, 0) is 12.8 Å². The Morgan fingerprint density at radius 1 is 1.50 bits per heavy atom. The van der Waals surface area contributed by atoms with Crippen molar-refractivity contribution in [2.75, 3.05) is 7.11 Å². The third kappa shape index (κ3) is 3.20. The van der Waals surface area contributed by atoms with Gasteiger partial charge in [0.05, 0.1) is 7.11 Å². The van der Waals surface area contributed by atoms with Crippen LogP contribution in [0.1, 0.15) is 26.2 Å². The Hall–Kier alpha value is -1.32. The molecule has 0 aliphatic heterocycles. The molecule has 1 rings (SSSR count). The summed E-state index contributed by atoms with van der Waals surface area (Å²) in [4.78, 5) is 21.5. The molecule has 0 heterocycles. The van der Waals surface area contributed by atoms with Crippen molar-refractivity contribution >= 4 is 11.9 Å². The van der Waals surface area contributed by atoms with Crippen LogP contribution in [0.25, 0.3) is 0 Å². The molecule has 0 radical (unpaired) electrons. The van der Waals surface area contributed by atoms with E-state index in [1.54, 1.807) is 0 Å². The van der Waals surface area contributed by atoms with Gasteiger partial charge >= 0.3 is 11.9 Å². The van der Waals surface area contributed by atoms with E-state index in [-0.39, 0.29) is 18.0 Å². The van der Waals surface area contributed by atoms with Crippen LogP contribution in [0.15, 0.2) is 11.6 Å². The molecule has 0 aromatic carbocycles. The fourth-order valence-electron chi connectivity index (χ4n) is 1.53. The number of methoxy groups -OCH3 is 1. The Labute approximate surface area is 82.9 Å². The minimum Gasteiger partial charge on any atom is -0.466 e. The summed E-state index contributed by atoms with van der Waals surface area (Å²) in [5.41, 5.74) is 0.989. The molecule has 0 saturated heterocycles. The van der Waals surface area contributed by atoms with Gasteiger partial charge in [0.25, 0.3) is 0 Å². The molecule has 0 bridgehead atoms. The Bertz CT molecular complexity index is 267. The van der Waals surface area contributed by atoms with Gasteiger partial charge in [-0.25, -0.2) is 4.79 Å². The SMILES string of the molecule is COC(=O)/C=C1\CC[C@H](OC(C)=O)C1. The summed E-state index contributed by atoms with van der Waals surface area (Å²) in [6.07, 6.45) is 3.65. The normalized spacial score (nSPS) is 23.6. The molecule has 0 spiro atoms. The van der Waals surface area contributed by atoms with Gasteiger partial charge in [-0.15, -0.1) is 0 Å². The molecule has 1 aliphatic carbocycles. The molecule has 4 nitrogen and oxygen atoms in total. The summed E-state index contributed by atoms with van der Waals surface area (Å²) in [5, 5.41) is 0. The van der Waals surface area contributed by atoms with Crippen LogP contribution in [0.3, 0.4) is 0 Å². The predicted octanol–water partition coefficient (Wildman–Crippen LogP) is 1.20. The van der Waals surface area contributed by atoms with E-state index in [9.17, 15) is 9.59 Å². The Balaban J connectivity index is 2.44. The molecule has 0 N–H and O–H groups in total. The lowest BCUT2D eigenvalue weighted by atomic mass is 10.2. The summed E-state index contributed by atoms with van der Waals surface area (Å²) < 4.78 is 9.53. The lowest BCUT2D eigenvalue weighted by Crippen LogP contribution is -2.11. The first-order valence-electron chi connectivity index (χ1n) is 4.56. The van der Waals surface area contributed by atoms with E-state index in [2.05, 4.69) is 4.74 Å². The van der Waals surface area contributed by atoms with Crippen molar-refractivity contribution in [2.45, 2.75) is 32.3 Å². The van der Waals surface area contributed by atoms with E-state index in [1.807, 2.05) is 0 Å². The highest BCUT2D eigenvalue weighted by Gasteiger charge is 2.22. The first-order chi connectivity index (χ1) is 6.61. The minimum absolute atomic E-state index is 0.0663. The van der Waals surface area contributed by atoms with Gasteiger partial charge in [0.1, 0.15) is 6.10 Å². The van der Waals surface area contributed by atoms with E-state index < -0.39 is 0 Å². The van der Waals surface area contributed by atoms with Crippen molar-refractivity contribution in [1.82, 2.24) is 0 Å². The van der Waals surface area contributed by atoms with Crippen molar-refractivity contribution in [1.29, 1.82) is 0 Å². The van der Waals surface area contributed by atoms with E-state index in [0.29, 0.717) is 6.42 Å². The molecular formula is C10H14O4. The average Bonchev–Trinajstić information content (AvgIpc) is 2.51. The maximum atomic E-state index is 10.9. The van der Waals surface area contributed by atoms with E-state index >= 15 is 0 Å². The second-order valence-corrected chi connectivity index (χ2v) is 3.30. The van der Waals surface area contributed by atoms with Crippen LogP contribution >= 0.6 is 0 Å². The zero-order chi connectivity index (χ0) is 10.6. The summed E-state index contributed by atoms with van der Waals surface area (Å²) in [5.74, 6) is -0.613. The van der Waals surface area contributed by atoms with E-state index in [1.165, 1.54) is 20.1 Å².